The van der Waals surface area contributed by atoms with Crippen LogP contribution in [-0.2, 0) is 9.59 Å². The summed E-state index contributed by atoms with van der Waals surface area (Å²) in [5.41, 5.74) is 5.15. The molecule has 2 atom stereocenters. The van der Waals surface area contributed by atoms with Gasteiger partial charge in [-0.3, -0.25) is 9.59 Å². The van der Waals surface area contributed by atoms with Gasteiger partial charge in [0.1, 0.15) is 12.1 Å². The molecule has 2 amide bonds. The van der Waals surface area contributed by atoms with Crippen molar-refractivity contribution in [3.63, 3.8) is 0 Å². The van der Waals surface area contributed by atoms with Crippen molar-refractivity contribution < 1.29 is 14.7 Å². The summed E-state index contributed by atoms with van der Waals surface area (Å²) >= 11 is 0. The fraction of sp³-hybridized carbons (Fsp3) is 0.818. The topological polar surface area (TPSA) is 92.4 Å². The van der Waals surface area contributed by atoms with Crippen LogP contribution in [0, 0.1) is 11.8 Å². The molecular formula is C11H22N2O3. The van der Waals surface area contributed by atoms with Crippen molar-refractivity contribution in [3.05, 3.63) is 0 Å². The lowest BCUT2D eigenvalue weighted by molar-refractivity contribution is -0.134. The van der Waals surface area contributed by atoms with Crippen LogP contribution in [0.25, 0.3) is 0 Å². The van der Waals surface area contributed by atoms with Gasteiger partial charge in [0.2, 0.25) is 11.8 Å². The number of hydrogen-bond donors (Lipinski definition) is 3. The number of hydrogen-bond acceptors (Lipinski definition) is 3. The molecule has 0 saturated heterocycles. The molecule has 0 spiro atoms. The quantitative estimate of drug-likeness (QED) is 0.600. The number of carbonyl (C=O) groups excluding carboxylic acids is 2. The Kier molecular flexibility index (Phi) is 6.03. The minimum absolute atomic E-state index is 0.0901. The van der Waals surface area contributed by atoms with Gasteiger partial charge in [0.15, 0.2) is 0 Å². The molecule has 94 valence electrons. The molecular weight excluding hydrogens is 208 g/mol. The fourth-order valence-electron chi connectivity index (χ4n) is 1.37. The first-order valence-electron chi connectivity index (χ1n) is 5.53. The number of aliphatic hydroxyl groups excluding tert-OH is 1. The molecule has 0 aromatic heterocycles. The molecule has 0 heterocycles. The minimum Gasteiger partial charge on any atom is -0.383 e. The molecule has 0 fully saturated rings. The molecule has 0 aliphatic rings. The first kappa shape index (κ1) is 14.9. The Bertz CT molecular complexity index is 252. The summed E-state index contributed by atoms with van der Waals surface area (Å²) in [6.07, 6.45) is -0.712. The maximum Gasteiger partial charge on any atom is 0.249 e. The van der Waals surface area contributed by atoms with E-state index in [1.54, 1.807) is 13.8 Å². The number of rotatable bonds is 6. The van der Waals surface area contributed by atoms with Crippen LogP contribution >= 0.6 is 0 Å². The number of nitrogens with two attached hydrogens (primary N) is 1. The van der Waals surface area contributed by atoms with Crippen molar-refractivity contribution in [2.45, 2.75) is 46.3 Å². The predicted octanol–water partition coefficient (Wildman–Crippen LogP) is 0.0195. The first-order chi connectivity index (χ1) is 7.25. The number of nitrogens with one attached hydrogen (secondary N) is 1. The molecule has 5 nitrogen and oxygen atoms in total. The van der Waals surface area contributed by atoms with Crippen molar-refractivity contribution in [2.24, 2.45) is 17.6 Å². The van der Waals surface area contributed by atoms with Crippen LogP contribution in [-0.4, -0.2) is 29.1 Å². The zero-order valence-corrected chi connectivity index (χ0v) is 10.4. The van der Waals surface area contributed by atoms with E-state index in [9.17, 15) is 14.7 Å². The van der Waals surface area contributed by atoms with E-state index in [-0.39, 0.29) is 11.8 Å². The second-order valence-corrected chi connectivity index (χ2v) is 4.78. The van der Waals surface area contributed by atoms with Gasteiger partial charge >= 0.3 is 0 Å². The lowest BCUT2D eigenvalue weighted by Gasteiger charge is -2.21. The first-order valence-corrected chi connectivity index (χ1v) is 5.53. The van der Waals surface area contributed by atoms with Gasteiger partial charge in [0.25, 0.3) is 0 Å². The Morgan fingerprint density at radius 1 is 1.25 bits per heavy atom. The van der Waals surface area contributed by atoms with Gasteiger partial charge in [-0.1, -0.05) is 27.7 Å². The van der Waals surface area contributed by atoms with Crippen LogP contribution in [0.5, 0.6) is 0 Å². The second-order valence-electron chi connectivity index (χ2n) is 4.78. The van der Waals surface area contributed by atoms with Crippen LogP contribution in [0.3, 0.4) is 0 Å². The van der Waals surface area contributed by atoms with Crippen LogP contribution in [0.1, 0.15) is 34.1 Å². The lowest BCUT2D eigenvalue weighted by Crippen LogP contribution is -2.50. The summed E-state index contributed by atoms with van der Waals surface area (Å²) in [7, 11) is 0. The van der Waals surface area contributed by atoms with Gasteiger partial charge in [-0.25, -0.2) is 0 Å². The van der Waals surface area contributed by atoms with Crippen molar-refractivity contribution >= 4 is 11.8 Å². The fourth-order valence-corrected chi connectivity index (χ4v) is 1.37. The molecule has 0 bridgehead atoms. The molecule has 4 N–H and O–H groups in total. The van der Waals surface area contributed by atoms with Gasteiger partial charge in [-0.05, 0) is 18.3 Å². The summed E-state index contributed by atoms with van der Waals surface area (Å²) in [6.45, 7) is 7.38. The Balaban J connectivity index is 4.35. The van der Waals surface area contributed by atoms with Crippen molar-refractivity contribution in [3.8, 4) is 0 Å². The Labute approximate surface area is 96.4 Å². The highest BCUT2D eigenvalue weighted by molar-refractivity contribution is 5.88. The van der Waals surface area contributed by atoms with Crippen molar-refractivity contribution in [1.82, 2.24) is 5.32 Å². The second kappa shape index (κ2) is 6.48. The average Bonchev–Trinajstić information content (AvgIpc) is 2.11. The van der Waals surface area contributed by atoms with Crippen LogP contribution < -0.4 is 11.1 Å². The molecule has 0 saturated carbocycles. The Morgan fingerprint density at radius 2 is 1.75 bits per heavy atom. The lowest BCUT2D eigenvalue weighted by atomic mass is 10.0. The SMILES string of the molecule is CC(C)C[C@H](O)C(=O)N[C@@H](C(N)=O)C(C)C. The van der Waals surface area contributed by atoms with Gasteiger partial charge in [0, 0.05) is 0 Å². The zero-order chi connectivity index (χ0) is 12.9. The van der Waals surface area contributed by atoms with Crippen molar-refractivity contribution in [1.29, 1.82) is 0 Å². The molecule has 0 radical (unpaired) electrons. The Morgan fingerprint density at radius 3 is 2.06 bits per heavy atom. The van der Waals surface area contributed by atoms with Gasteiger partial charge in [-0.15, -0.1) is 0 Å². The normalized spacial score (nSPS) is 14.9. The van der Waals surface area contributed by atoms with Gasteiger partial charge < -0.3 is 16.2 Å². The van der Waals surface area contributed by atoms with Gasteiger partial charge in [0.05, 0.1) is 0 Å². The molecule has 0 aliphatic carbocycles. The summed E-state index contributed by atoms with van der Waals surface area (Å²) in [5.74, 6) is -0.995. The monoisotopic (exact) mass is 230 g/mol. The third kappa shape index (κ3) is 5.11. The summed E-state index contributed by atoms with van der Waals surface area (Å²) in [4.78, 5) is 22.6. The molecule has 0 unspecified atom stereocenters. The molecule has 5 heteroatoms. The number of amides is 2. The van der Waals surface area contributed by atoms with Crippen LogP contribution in [0.15, 0.2) is 0 Å². The van der Waals surface area contributed by atoms with E-state index < -0.39 is 24.0 Å². The number of carbonyl (C=O) groups is 2. The maximum absolute atomic E-state index is 11.5. The zero-order valence-electron chi connectivity index (χ0n) is 10.4. The van der Waals surface area contributed by atoms with E-state index in [0.29, 0.717) is 6.42 Å². The van der Waals surface area contributed by atoms with E-state index in [1.807, 2.05) is 13.8 Å². The third-order valence-corrected chi connectivity index (χ3v) is 2.27. The van der Waals surface area contributed by atoms with E-state index in [2.05, 4.69) is 5.32 Å². The molecule has 0 aliphatic heterocycles. The van der Waals surface area contributed by atoms with E-state index in [0.717, 1.165) is 0 Å². The predicted molar refractivity (Wildman–Crippen MR) is 61.4 cm³/mol. The molecule has 0 rings (SSSR count). The Hall–Kier alpha value is -1.10. The molecule has 16 heavy (non-hydrogen) atoms. The number of primary amides is 1. The van der Waals surface area contributed by atoms with Crippen LogP contribution in [0.4, 0.5) is 0 Å². The molecule has 0 aromatic carbocycles. The highest BCUT2D eigenvalue weighted by Crippen LogP contribution is 2.06. The smallest absolute Gasteiger partial charge is 0.249 e. The average molecular weight is 230 g/mol. The highest BCUT2D eigenvalue weighted by Gasteiger charge is 2.25. The highest BCUT2D eigenvalue weighted by atomic mass is 16.3. The van der Waals surface area contributed by atoms with Crippen LogP contribution in [0.2, 0.25) is 0 Å². The minimum atomic E-state index is -1.08. The number of aliphatic hydroxyl groups is 1. The van der Waals surface area contributed by atoms with E-state index in [1.165, 1.54) is 0 Å². The molecule has 0 aromatic rings. The standard InChI is InChI=1S/C11H22N2O3/c1-6(2)5-8(14)11(16)13-9(7(3)4)10(12)15/h6-9,14H,5H2,1-4H3,(H2,12,15)(H,13,16)/t8-,9+/m0/s1. The van der Waals surface area contributed by atoms with E-state index >= 15 is 0 Å². The largest absolute Gasteiger partial charge is 0.383 e. The van der Waals surface area contributed by atoms with E-state index in [4.69, 9.17) is 5.73 Å². The summed E-state index contributed by atoms with van der Waals surface area (Å²) in [6, 6.07) is -0.727. The van der Waals surface area contributed by atoms with Crippen molar-refractivity contribution in [2.75, 3.05) is 0 Å². The summed E-state index contributed by atoms with van der Waals surface area (Å²) in [5, 5.41) is 12.0. The maximum atomic E-state index is 11.5. The van der Waals surface area contributed by atoms with Gasteiger partial charge in [-0.2, -0.15) is 0 Å². The summed E-state index contributed by atoms with van der Waals surface area (Å²) < 4.78 is 0. The third-order valence-electron chi connectivity index (χ3n) is 2.27.